The molecule has 1 saturated heterocycles. The second-order valence-electron chi connectivity index (χ2n) is 4.74. The summed E-state index contributed by atoms with van der Waals surface area (Å²) in [6, 6.07) is 11.5. The van der Waals surface area contributed by atoms with Crippen LogP contribution in [0.1, 0.15) is 32.3 Å². The van der Waals surface area contributed by atoms with Gasteiger partial charge in [-0.3, -0.25) is 0 Å². The predicted octanol–water partition coefficient (Wildman–Crippen LogP) is 2.72. The fraction of sp³-hybridized carbons (Fsp3) is 0.538. The molecule has 1 unspecified atom stereocenters. The minimum absolute atomic E-state index is 0.262. The molecule has 0 aliphatic carbocycles. The molecule has 1 fully saturated rings. The zero-order chi connectivity index (χ0) is 10.0. The number of nitrogens with one attached hydrogen (secondary N) is 1. The van der Waals surface area contributed by atoms with Crippen LogP contribution >= 0.6 is 0 Å². The van der Waals surface area contributed by atoms with Crippen LogP contribution in [0.3, 0.4) is 0 Å². The maximum atomic E-state index is 3.60. The lowest BCUT2D eigenvalue weighted by Gasteiger charge is -2.32. The molecule has 1 N–H and O–H groups in total. The summed E-state index contributed by atoms with van der Waals surface area (Å²) in [7, 11) is 0. The Bertz CT molecular complexity index is 283. The minimum Gasteiger partial charge on any atom is -0.313 e. The van der Waals surface area contributed by atoms with Gasteiger partial charge in [-0.2, -0.15) is 0 Å². The lowest BCUT2D eigenvalue weighted by Crippen LogP contribution is -2.40. The fourth-order valence-corrected chi connectivity index (χ4v) is 2.37. The van der Waals surface area contributed by atoms with Gasteiger partial charge in [-0.1, -0.05) is 44.2 Å². The minimum atomic E-state index is 0.262. The van der Waals surface area contributed by atoms with Crippen molar-refractivity contribution in [3.8, 4) is 0 Å². The number of benzene rings is 1. The van der Waals surface area contributed by atoms with E-state index in [1.807, 2.05) is 0 Å². The number of rotatable bonds is 2. The van der Waals surface area contributed by atoms with Gasteiger partial charge in [0.2, 0.25) is 0 Å². The molecule has 1 heterocycles. The molecule has 1 heteroatoms. The Kier molecular flexibility index (Phi) is 2.60. The van der Waals surface area contributed by atoms with E-state index >= 15 is 0 Å². The number of hydrogen-bond donors (Lipinski definition) is 1. The quantitative estimate of drug-likeness (QED) is 0.754. The highest BCUT2D eigenvalue weighted by atomic mass is 15.0. The molecular weight excluding hydrogens is 170 g/mol. The van der Waals surface area contributed by atoms with E-state index in [9.17, 15) is 0 Å². The Morgan fingerprint density at radius 3 is 2.50 bits per heavy atom. The molecule has 0 spiro atoms. The van der Waals surface area contributed by atoms with E-state index in [0.29, 0.717) is 6.04 Å². The monoisotopic (exact) mass is 189 g/mol. The van der Waals surface area contributed by atoms with Crippen molar-refractivity contribution in [2.75, 3.05) is 6.54 Å². The molecule has 0 aromatic heterocycles. The van der Waals surface area contributed by atoms with E-state index in [2.05, 4.69) is 49.5 Å². The highest BCUT2D eigenvalue weighted by Crippen LogP contribution is 2.31. The first-order valence-electron chi connectivity index (χ1n) is 5.50. The molecular formula is C13H19N. The van der Waals surface area contributed by atoms with Gasteiger partial charge >= 0.3 is 0 Å². The standard InChI is InChI=1S/C13H19N/c1-13(2,12-9-6-10-14-12)11-7-4-3-5-8-11/h3-5,7-8,12,14H,6,9-10H2,1-2H3. The summed E-state index contributed by atoms with van der Waals surface area (Å²) in [6.45, 7) is 5.86. The van der Waals surface area contributed by atoms with Crippen LogP contribution in [0.5, 0.6) is 0 Å². The van der Waals surface area contributed by atoms with E-state index in [1.165, 1.54) is 24.9 Å². The van der Waals surface area contributed by atoms with Gasteiger partial charge < -0.3 is 5.32 Å². The highest BCUT2D eigenvalue weighted by molar-refractivity contribution is 5.26. The van der Waals surface area contributed by atoms with Crippen molar-refractivity contribution in [3.05, 3.63) is 35.9 Å². The zero-order valence-electron chi connectivity index (χ0n) is 9.09. The van der Waals surface area contributed by atoms with Crippen LogP contribution in [-0.2, 0) is 5.41 Å². The van der Waals surface area contributed by atoms with Crippen LogP contribution < -0.4 is 5.32 Å². The van der Waals surface area contributed by atoms with Crippen LogP contribution in [0, 0.1) is 0 Å². The molecule has 1 aromatic rings. The van der Waals surface area contributed by atoms with Crippen molar-refractivity contribution < 1.29 is 0 Å². The summed E-state index contributed by atoms with van der Waals surface area (Å²) in [6.07, 6.45) is 2.63. The first-order chi connectivity index (χ1) is 6.71. The molecule has 0 bridgehead atoms. The fourth-order valence-electron chi connectivity index (χ4n) is 2.37. The summed E-state index contributed by atoms with van der Waals surface area (Å²) >= 11 is 0. The molecule has 1 atom stereocenters. The first-order valence-corrected chi connectivity index (χ1v) is 5.50. The molecule has 2 rings (SSSR count). The van der Waals surface area contributed by atoms with Crippen LogP contribution in [0.2, 0.25) is 0 Å². The normalized spacial score (nSPS) is 22.6. The Morgan fingerprint density at radius 2 is 1.93 bits per heavy atom. The molecule has 76 valence electrons. The van der Waals surface area contributed by atoms with Crippen molar-refractivity contribution >= 4 is 0 Å². The molecule has 1 nitrogen and oxygen atoms in total. The van der Waals surface area contributed by atoms with Gasteiger partial charge in [0.25, 0.3) is 0 Å². The van der Waals surface area contributed by atoms with E-state index in [-0.39, 0.29) is 5.41 Å². The van der Waals surface area contributed by atoms with Gasteiger partial charge in [-0.15, -0.1) is 0 Å². The summed E-state index contributed by atoms with van der Waals surface area (Å²) in [5, 5.41) is 3.60. The van der Waals surface area contributed by atoms with Gasteiger partial charge in [0.1, 0.15) is 0 Å². The third-order valence-corrected chi connectivity index (χ3v) is 3.45. The van der Waals surface area contributed by atoms with Gasteiger partial charge in [-0.25, -0.2) is 0 Å². The second-order valence-corrected chi connectivity index (χ2v) is 4.74. The van der Waals surface area contributed by atoms with Crippen molar-refractivity contribution in [2.24, 2.45) is 0 Å². The van der Waals surface area contributed by atoms with Crippen LogP contribution in [-0.4, -0.2) is 12.6 Å². The van der Waals surface area contributed by atoms with Crippen molar-refractivity contribution in [3.63, 3.8) is 0 Å². The molecule has 0 saturated carbocycles. The SMILES string of the molecule is CC(C)(c1ccccc1)C1CCCN1. The van der Waals surface area contributed by atoms with E-state index in [1.54, 1.807) is 0 Å². The lowest BCUT2D eigenvalue weighted by atomic mass is 9.77. The van der Waals surface area contributed by atoms with Crippen molar-refractivity contribution in [1.82, 2.24) is 5.32 Å². The highest BCUT2D eigenvalue weighted by Gasteiger charge is 2.32. The largest absolute Gasteiger partial charge is 0.313 e. The summed E-state index contributed by atoms with van der Waals surface area (Å²) in [5.74, 6) is 0. The maximum absolute atomic E-state index is 3.60. The average molecular weight is 189 g/mol. The summed E-state index contributed by atoms with van der Waals surface area (Å²) < 4.78 is 0. The van der Waals surface area contributed by atoms with E-state index in [4.69, 9.17) is 0 Å². The molecule has 0 amide bonds. The van der Waals surface area contributed by atoms with Crippen molar-refractivity contribution in [2.45, 2.75) is 38.1 Å². The Balaban J connectivity index is 2.22. The van der Waals surface area contributed by atoms with Crippen LogP contribution in [0.25, 0.3) is 0 Å². The Labute approximate surface area is 86.5 Å². The smallest absolute Gasteiger partial charge is 0.0159 e. The maximum Gasteiger partial charge on any atom is 0.0159 e. The summed E-state index contributed by atoms with van der Waals surface area (Å²) in [4.78, 5) is 0. The average Bonchev–Trinajstić information content (AvgIpc) is 2.72. The van der Waals surface area contributed by atoms with Gasteiger partial charge in [-0.05, 0) is 24.9 Å². The Hall–Kier alpha value is -0.820. The predicted molar refractivity (Wildman–Crippen MR) is 60.5 cm³/mol. The van der Waals surface area contributed by atoms with Gasteiger partial charge in [0.15, 0.2) is 0 Å². The third-order valence-electron chi connectivity index (χ3n) is 3.45. The van der Waals surface area contributed by atoms with Crippen LogP contribution in [0.15, 0.2) is 30.3 Å². The second kappa shape index (κ2) is 3.74. The first kappa shape index (κ1) is 9.72. The van der Waals surface area contributed by atoms with Crippen molar-refractivity contribution in [1.29, 1.82) is 0 Å². The van der Waals surface area contributed by atoms with E-state index < -0.39 is 0 Å². The van der Waals surface area contributed by atoms with Crippen LogP contribution in [0.4, 0.5) is 0 Å². The zero-order valence-corrected chi connectivity index (χ0v) is 9.09. The van der Waals surface area contributed by atoms with Gasteiger partial charge in [0.05, 0.1) is 0 Å². The Morgan fingerprint density at radius 1 is 1.21 bits per heavy atom. The summed E-state index contributed by atoms with van der Waals surface area (Å²) in [5.41, 5.74) is 1.71. The topological polar surface area (TPSA) is 12.0 Å². The molecule has 1 aliphatic heterocycles. The molecule has 1 aliphatic rings. The number of hydrogen-bond acceptors (Lipinski definition) is 1. The molecule has 0 radical (unpaired) electrons. The van der Waals surface area contributed by atoms with E-state index in [0.717, 1.165) is 0 Å². The molecule has 1 aromatic carbocycles. The third kappa shape index (κ3) is 1.69. The lowest BCUT2D eigenvalue weighted by molar-refractivity contribution is 0.377. The molecule has 14 heavy (non-hydrogen) atoms. The van der Waals surface area contributed by atoms with Gasteiger partial charge in [0, 0.05) is 11.5 Å².